The summed E-state index contributed by atoms with van der Waals surface area (Å²) >= 11 is 0. The minimum absolute atomic E-state index is 0.0242. The molecule has 4 saturated carbocycles. The second-order valence-corrected chi connectivity index (χ2v) is 26.6. The van der Waals surface area contributed by atoms with Gasteiger partial charge in [-0.05, 0) is 93.3 Å². The molecule has 0 aromatic carbocycles. The lowest BCUT2D eigenvalue weighted by molar-refractivity contribution is -0.403. The number of fused-ring (bicyclic) bond motifs is 4. The molecule has 0 aromatic heterocycles. The molecule has 22 heteroatoms. The standard InChI is InChI=1S/C54H88O22/c1-23-32(59)35(62)38(65)44(69-23)74-41-26(20-56)72-46(40(67)37(41)64)75-42-33(60)24(2)70-47(43(42)76-45-39(66)36(63)34(61)25(19-55)71-45)73-31-11-12-49(5)27(50(31,6)21-57)9-13-51(7)28(49)10-14-54-29-17-48(3,4)15-16-53(29,22-68-54)30(58)18-52(51,54)8/h10,14,23-47,55-67H,9,11-13,15-22H2,1-8H3. The van der Waals surface area contributed by atoms with Crippen LogP contribution in [-0.2, 0) is 42.6 Å². The first-order valence-corrected chi connectivity index (χ1v) is 27.8. The van der Waals surface area contributed by atoms with Crippen molar-refractivity contribution in [2.24, 2.45) is 50.2 Å². The maximum Gasteiger partial charge on any atom is 0.187 e. The van der Waals surface area contributed by atoms with Gasteiger partial charge in [-0.2, -0.15) is 0 Å². The topological polar surface area (TPSA) is 346 Å². The van der Waals surface area contributed by atoms with E-state index in [1.807, 2.05) is 6.92 Å². The molecule has 0 amide bonds. The number of allylic oxidation sites excluding steroid dienone is 1. The molecule has 5 aliphatic heterocycles. The Balaban J connectivity index is 0.936. The van der Waals surface area contributed by atoms with Crippen molar-refractivity contribution in [3.05, 3.63) is 12.2 Å². The van der Waals surface area contributed by atoms with Crippen LogP contribution in [0.15, 0.2) is 12.2 Å². The van der Waals surface area contributed by atoms with E-state index in [-0.39, 0.29) is 46.0 Å². The average molecular weight is 1090 g/mol. The van der Waals surface area contributed by atoms with Gasteiger partial charge in [-0.15, -0.1) is 0 Å². The lowest BCUT2D eigenvalue weighted by Crippen LogP contribution is -2.72. The van der Waals surface area contributed by atoms with Crippen LogP contribution in [0.1, 0.15) is 107 Å². The van der Waals surface area contributed by atoms with Crippen molar-refractivity contribution in [3.8, 4) is 0 Å². The van der Waals surface area contributed by atoms with Gasteiger partial charge in [0.2, 0.25) is 0 Å². The second-order valence-electron chi connectivity index (χ2n) is 26.6. The molecule has 10 aliphatic rings. The van der Waals surface area contributed by atoms with Gasteiger partial charge in [0.05, 0.1) is 56.4 Å². The van der Waals surface area contributed by atoms with Crippen molar-refractivity contribution >= 4 is 0 Å². The molecule has 22 nitrogen and oxygen atoms in total. The number of aliphatic hydroxyl groups is 13. The fraction of sp³-hybridized carbons (Fsp3) is 0.963. The third-order valence-corrected chi connectivity index (χ3v) is 22.1. The molecule has 76 heavy (non-hydrogen) atoms. The molecule has 0 aromatic rings. The summed E-state index contributed by atoms with van der Waals surface area (Å²) in [6, 6.07) is 0. The highest BCUT2D eigenvalue weighted by Gasteiger charge is 2.79. The van der Waals surface area contributed by atoms with Gasteiger partial charge in [0.1, 0.15) is 85.5 Å². The molecular weight excluding hydrogens is 1000 g/mol. The van der Waals surface area contributed by atoms with Crippen LogP contribution in [0.4, 0.5) is 0 Å². The Morgan fingerprint density at radius 1 is 0.526 bits per heavy atom. The maximum absolute atomic E-state index is 12.3. The average Bonchev–Trinajstić information content (AvgIpc) is 3.89. The predicted octanol–water partition coefficient (Wildman–Crippen LogP) is -1.55. The molecule has 5 aliphatic carbocycles. The van der Waals surface area contributed by atoms with Crippen molar-refractivity contribution in [2.75, 3.05) is 26.4 Å². The van der Waals surface area contributed by atoms with Gasteiger partial charge < -0.3 is 109 Å². The van der Waals surface area contributed by atoms with Crippen LogP contribution in [0.25, 0.3) is 0 Å². The van der Waals surface area contributed by atoms with E-state index in [9.17, 15) is 66.4 Å². The van der Waals surface area contributed by atoms with Crippen LogP contribution in [-0.4, -0.2) is 233 Å². The number of rotatable bonds is 11. The number of ether oxygens (including phenoxy) is 9. The molecule has 1 spiro atoms. The minimum Gasteiger partial charge on any atom is -0.396 e. The summed E-state index contributed by atoms with van der Waals surface area (Å²) < 4.78 is 56.5. The first-order chi connectivity index (χ1) is 35.6. The van der Waals surface area contributed by atoms with Crippen molar-refractivity contribution in [1.82, 2.24) is 0 Å². The Hall–Kier alpha value is -1.14. The number of hydrogen-bond donors (Lipinski definition) is 13. The molecule has 10 rings (SSSR count). The molecule has 436 valence electrons. The molecule has 5 saturated heterocycles. The van der Waals surface area contributed by atoms with E-state index in [2.05, 4.69) is 46.8 Å². The van der Waals surface area contributed by atoms with E-state index in [0.29, 0.717) is 32.3 Å². The molecule has 31 atom stereocenters. The van der Waals surface area contributed by atoms with Crippen LogP contribution >= 0.6 is 0 Å². The predicted molar refractivity (Wildman–Crippen MR) is 261 cm³/mol. The van der Waals surface area contributed by atoms with Crippen molar-refractivity contribution in [2.45, 2.75) is 247 Å². The lowest BCUT2D eigenvalue weighted by atomic mass is 9.32. The fourth-order valence-corrected chi connectivity index (χ4v) is 17.2. The highest BCUT2D eigenvalue weighted by Crippen LogP contribution is 2.79. The molecule has 2 bridgehead atoms. The molecule has 0 radical (unpaired) electrons. The third kappa shape index (κ3) is 8.54. The molecule has 5 heterocycles. The zero-order valence-electron chi connectivity index (χ0n) is 45.1. The summed E-state index contributed by atoms with van der Waals surface area (Å²) in [5.74, 6) is 0.0584. The van der Waals surface area contributed by atoms with E-state index >= 15 is 0 Å². The molecular formula is C54H88O22. The second kappa shape index (κ2) is 20.3. The van der Waals surface area contributed by atoms with E-state index in [1.54, 1.807) is 0 Å². The first-order valence-electron chi connectivity index (χ1n) is 27.8. The summed E-state index contributed by atoms with van der Waals surface area (Å²) in [4.78, 5) is 0. The Labute approximate surface area is 444 Å². The highest BCUT2D eigenvalue weighted by atomic mass is 16.8. The van der Waals surface area contributed by atoms with Crippen LogP contribution < -0.4 is 0 Å². The largest absolute Gasteiger partial charge is 0.396 e. The number of hydrogen-bond acceptors (Lipinski definition) is 22. The summed E-state index contributed by atoms with van der Waals surface area (Å²) in [5.41, 5.74) is -2.77. The third-order valence-electron chi connectivity index (χ3n) is 22.1. The zero-order chi connectivity index (χ0) is 55.2. The van der Waals surface area contributed by atoms with Crippen molar-refractivity contribution in [1.29, 1.82) is 0 Å². The lowest BCUT2D eigenvalue weighted by Gasteiger charge is -2.73. The molecule has 13 N–H and O–H groups in total. The smallest absolute Gasteiger partial charge is 0.187 e. The number of aliphatic hydroxyl groups excluding tert-OH is 13. The summed E-state index contributed by atoms with van der Waals surface area (Å²) in [5, 5.41) is 144. The zero-order valence-corrected chi connectivity index (χ0v) is 45.1. The van der Waals surface area contributed by atoms with Crippen LogP contribution in [0.3, 0.4) is 0 Å². The summed E-state index contributed by atoms with van der Waals surface area (Å²) in [7, 11) is 0. The maximum atomic E-state index is 12.3. The van der Waals surface area contributed by atoms with Gasteiger partial charge in [-0.1, -0.05) is 53.7 Å². The molecule has 9 fully saturated rings. The quantitative estimate of drug-likeness (QED) is 0.0823. The van der Waals surface area contributed by atoms with E-state index in [1.165, 1.54) is 13.8 Å². The van der Waals surface area contributed by atoms with E-state index in [4.69, 9.17) is 42.6 Å². The normalized spacial score (nSPS) is 58.7. The first kappa shape index (κ1) is 58.1. The van der Waals surface area contributed by atoms with Gasteiger partial charge in [0.15, 0.2) is 25.2 Å². The van der Waals surface area contributed by atoms with Gasteiger partial charge in [0, 0.05) is 22.2 Å². The van der Waals surface area contributed by atoms with Gasteiger partial charge in [0.25, 0.3) is 0 Å². The summed E-state index contributed by atoms with van der Waals surface area (Å²) in [6.07, 6.45) is -23.4. The Morgan fingerprint density at radius 2 is 1.11 bits per heavy atom. The fourth-order valence-electron chi connectivity index (χ4n) is 17.2. The SMILES string of the molecule is CC1OC(OC2C(CO)OC(OC3C(O)C(C)OC(OC4CCC5(C)C(CCC6(C)C5C=CC57OCC8(CCC(C)(C)CC85)C(O)CC67C)C4(C)CO)C3OC3OC(CO)C(O)C(O)C3O)C(O)C2O)C(O)C(O)C1O. The van der Waals surface area contributed by atoms with Crippen molar-refractivity contribution < 1.29 is 109 Å². The Kier molecular flexibility index (Phi) is 15.5. The van der Waals surface area contributed by atoms with Crippen molar-refractivity contribution in [3.63, 3.8) is 0 Å². The van der Waals surface area contributed by atoms with Crippen LogP contribution in [0, 0.1) is 50.2 Å². The van der Waals surface area contributed by atoms with Gasteiger partial charge in [-0.25, -0.2) is 0 Å². The summed E-state index contributed by atoms with van der Waals surface area (Å²) in [6.45, 7) is 15.2. The minimum atomic E-state index is -2.01. The van der Waals surface area contributed by atoms with E-state index in [0.717, 1.165) is 25.7 Å². The van der Waals surface area contributed by atoms with E-state index < -0.39 is 165 Å². The van der Waals surface area contributed by atoms with Crippen LogP contribution in [0.5, 0.6) is 0 Å². The van der Waals surface area contributed by atoms with Gasteiger partial charge >= 0.3 is 0 Å². The van der Waals surface area contributed by atoms with Gasteiger partial charge in [-0.3, -0.25) is 0 Å². The Bertz CT molecular complexity index is 2100. The molecule has 31 unspecified atom stereocenters. The highest BCUT2D eigenvalue weighted by molar-refractivity contribution is 5.36. The Morgan fingerprint density at radius 3 is 1.76 bits per heavy atom. The monoisotopic (exact) mass is 1090 g/mol. The van der Waals surface area contributed by atoms with Crippen LogP contribution in [0.2, 0.25) is 0 Å².